The molecule has 0 aliphatic carbocycles. The molecule has 3 aromatic rings. The van der Waals surface area contributed by atoms with Crippen molar-refractivity contribution in [3.05, 3.63) is 89.4 Å². The number of carbonyl (C=O) groups excluding carboxylic acids is 2. The minimum atomic E-state index is -0.617. The second-order valence-corrected chi connectivity index (χ2v) is 8.79. The first kappa shape index (κ1) is 22.4. The zero-order valence-corrected chi connectivity index (χ0v) is 19.1. The Balaban J connectivity index is 1.26. The first-order chi connectivity index (χ1) is 16.7. The van der Waals surface area contributed by atoms with Gasteiger partial charge in [0.2, 0.25) is 5.91 Å². The summed E-state index contributed by atoms with van der Waals surface area (Å²) < 4.78 is 10.7. The monoisotopic (exact) mass is 459 g/mol. The molecule has 34 heavy (non-hydrogen) atoms. The maximum atomic E-state index is 13.3. The molecule has 5 rings (SSSR count). The zero-order chi connectivity index (χ0) is 23.3. The Morgan fingerprint density at radius 2 is 1.71 bits per heavy atom. The van der Waals surface area contributed by atoms with Gasteiger partial charge in [-0.05, 0) is 47.4 Å². The lowest BCUT2D eigenvalue weighted by Gasteiger charge is -2.35. The van der Waals surface area contributed by atoms with Gasteiger partial charge in [0, 0.05) is 38.3 Å². The summed E-state index contributed by atoms with van der Waals surface area (Å²) >= 11 is 0. The maximum Gasteiger partial charge on any atom is 0.290 e. The summed E-state index contributed by atoms with van der Waals surface area (Å²) in [6.07, 6.45) is 2.89. The lowest BCUT2D eigenvalue weighted by Crippen LogP contribution is -2.50. The van der Waals surface area contributed by atoms with Crippen LogP contribution < -0.4 is 5.32 Å². The van der Waals surface area contributed by atoms with Crippen LogP contribution in [-0.2, 0) is 28.9 Å². The highest BCUT2D eigenvalue weighted by Gasteiger charge is 2.36. The zero-order valence-electron chi connectivity index (χ0n) is 19.1. The third kappa shape index (κ3) is 5.05. The minimum Gasteiger partial charge on any atom is -0.459 e. The van der Waals surface area contributed by atoms with E-state index in [0.29, 0.717) is 13.0 Å². The number of carbonyl (C=O) groups is 2. The van der Waals surface area contributed by atoms with Gasteiger partial charge in [-0.15, -0.1) is 0 Å². The Hall–Kier alpha value is -3.42. The van der Waals surface area contributed by atoms with Crippen LogP contribution in [0.2, 0.25) is 0 Å². The van der Waals surface area contributed by atoms with E-state index in [4.69, 9.17) is 9.15 Å². The quantitative estimate of drug-likeness (QED) is 0.612. The molecule has 1 unspecified atom stereocenters. The first-order valence-corrected chi connectivity index (χ1v) is 11.8. The van der Waals surface area contributed by atoms with Crippen LogP contribution in [0.3, 0.4) is 0 Å². The smallest absolute Gasteiger partial charge is 0.290 e. The van der Waals surface area contributed by atoms with Crippen molar-refractivity contribution < 1.29 is 18.7 Å². The topological polar surface area (TPSA) is 75.0 Å². The van der Waals surface area contributed by atoms with Crippen molar-refractivity contribution >= 4 is 17.5 Å². The van der Waals surface area contributed by atoms with Gasteiger partial charge in [-0.1, -0.05) is 36.4 Å². The molecule has 0 radical (unpaired) electrons. The minimum absolute atomic E-state index is 0.199. The van der Waals surface area contributed by atoms with Gasteiger partial charge in [-0.3, -0.25) is 14.5 Å². The molecular formula is C27H29N3O4. The van der Waals surface area contributed by atoms with Crippen LogP contribution >= 0.6 is 0 Å². The molecule has 2 aliphatic rings. The van der Waals surface area contributed by atoms with Gasteiger partial charge in [0.15, 0.2) is 5.76 Å². The van der Waals surface area contributed by atoms with Crippen molar-refractivity contribution in [2.75, 3.05) is 38.2 Å². The molecule has 1 fully saturated rings. The molecule has 3 heterocycles. The molecule has 0 bridgehead atoms. The van der Waals surface area contributed by atoms with Crippen molar-refractivity contribution in [2.24, 2.45) is 0 Å². The number of amides is 2. The highest BCUT2D eigenvalue weighted by molar-refractivity contribution is 6.00. The van der Waals surface area contributed by atoms with Crippen LogP contribution in [-0.4, -0.2) is 60.5 Å². The van der Waals surface area contributed by atoms with Crippen molar-refractivity contribution in [1.82, 2.24) is 9.80 Å². The molecule has 2 amide bonds. The predicted molar refractivity (Wildman–Crippen MR) is 129 cm³/mol. The number of rotatable bonds is 6. The summed E-state index contributed by atoms with van der Waals surface area (Å²) in [5, 5.41) is 3.01. The molecule has 0 spiro atoms. The van der Waals surface area contributed by atoms with Crippen LogP contribution in [0, 0.1) is 0 Å². The number of nitrogens with zero attached hydrogens (tertiary/aromatic N) is 2. The average Bonchev–Trinajstić information content (AvgIpc) is 3.43. The van der Waals surface area contributed by atoms with Gasteiger partial charge in [0.05, 0.1) is 19.5 Å². The highest BCUT2D eigenvalue weighted by atomic mass is 16.5. The summed E-state index contributed by atoms with van der Waals surface area (Å²) in [5.74, 6) is -0.240. The van der Waals surface area contributed by atoms with Gasteiger partial charge in [0.1, 0.15) is 6.04 Å². The number of hydrogen-bond donors (Lipinski definition) is 1. The molecule has 1 aromatic heterocycles. The van der Waals surface area contributed by atoms with Crippen molar-refractivity contribution in [2.45, 2.75) is 25.4 Å². The molecule has 0 saturated carbocycles. The van der Waals surface area contributed by atoms with Crippen LogP contribution in [0.1, 0.15) is 27.2 Å². The highest BCUT2D eigenvalue weighted by Crippen LogP contribution is 2.26. The molecule has 7 nitrogen and oxygen atoms in total. The van der Waals surface area contributed by atoms with Gasteiger partial charge in [-0.25, -0.2) is 0 Å². The van der Waals surface area contributed by atoms with E-state index in [1.165, 1.54) is 11.8 Å². The number of benzene rings is 2. The Bertz CT molecular complexity index is 1120. The van der Waals surface area contributed by atoms with Crippen LogP contribution in [0.15, 0.2) is 71.3 Å². The number of fused-ring (bicyclic) bond motifs is 1. The van der Waals surface area contributed by atoms with Crippen molar-refractivity contribution in [1.29, 1.82) is 0 Å². The van der Waals surface area contributed by atoms with E-state index in [2.05, 4.69) is 22.3 Å². The van der Waals surface area contributed by atoms with E-state index in [1.54, 1.807) is 17.0 Å². The van der Waals surface area contributed by atoms with E-state index < -0.39 is 6.04 Å². The Morgan fingerprint density at radius 1 is 0.941 bits per heavy atom. The number of anilines is 1. The molecule has 1 atom stereocenters. The number of nitrogens with one attached hydrogen (secondary N) is 1. The Labute approximate surface area is 199 Å². The molecule has 2 aromatic carbocycles. The van der Waals surface area contributed by atoms with E-state index in [-0.39, 0.29) is 17.6 Å². The fraction of sp³-hybridized carbons (Fsp3) is 0.333. The largest absolute Gasteiger partial charge is 0.459 e. The predicted octanol–water partition coefficient (Wildman–Crippen LogP) is 3.36. The SMILES string of the molecule is O=C(Nc1ccc(CCN2CCOCC2)cc1)C1Cc2ccccc2CN1C(=O)c1ccco1. The molecule has 2 aliphatic heterocycles. The second-order valence-electron chi connectivity index (χ2n) is 8.79. The van der Waals surface area contributed by atoms with Gasteiger partial charge in [0.25, 0.3) is 5.91 Å². The summed E-state index contributed by atoms with van der Waals surface area (Å²) in [4.78, 5) is 30.5. The van der Waals surface area contributed by atoms with Gasteiger partial charge >= 0.3 is 0 Å². The Kier molecular flexibility index (Phi) is 6.74. The Morgan fingerprint density at radius 3 is 2.44 bits per heavy atom. The number of morpholine rings is 1. The average molecular weight is 460 g/mol. The number of ether oxygens (including phenoxy) is 1. The molecule has 1 saturated heterocycles. The lowest BCUT2D eigenvalue weighted by atomic mass is 9.93. The fourth-order valence-corrected chi connectivity index (χ4v) is 4.60. The summed E-state index contributed by atoms with van der Waals surface area (Å²) in [6, 6.07) is 18.6. The maximum absolute atomic E-state index is 13.3. The number of hydrogen-bond acceptors (Lipinski definition) is 5. The van der Waals surface area contributed by atoms with Crippen molar-refractivity contribution in [3.8, 4) is 0 Å². The van der Waals surface area contributed by atoms with Crippen LogP contribution in [0.4, 0.5) is 5.69 Å². The molecular weight excluding hydrogens is 430 g/mol. The summed E-state index contributed by atoms with van der Waals surface area (Å²) in [6.45, 7) is 4.93. The van der Waals surface area contributed by atoms with E-state index in [0.717, 1.165) is 56.1 Å². The van der Waals surface area contributed by atoms with Crippen LogP contribution in [0.5, 0.6) is 0 Å². The van der Waals surface area contributed by atoms with Crippen LogP contribution in [0.25, 0.3) is 0 Å². The molecule has 176 valence electrons. The third-order valence-corrected chi connectivity index (χ3v) is 6.59. The summed E-state index contributed by atoms with van der Waals surface area (Å²) in [7, 11) is 0. The van der Waals surface area contributed by atoms with Gasteiger partial charge < -0.3 is 19.4 Å². The lowest BCUT2D eigenvalue weighted by molar-refractivity contribution is -0.121. The van der Waals surface area contributed by atoms with Gasteiger partial charge in [-0.2, -0.15) is 0 Å². The normalized spacial score (nSPS) is 18.4. The van der Waals surface area contributed by atoms with Crippen molar-refractivity contribution in [3.63, 3.8) is 0 Å². The molecule has 1 N–H and O–H groups in total. The molecule has 7 heteroatoms. The number of furan rings is 1. The second kappa shape index (κ2) is 10.2. The van der Waals surface area contributed by atoms with E-state index in [1.807, 2.05) is 36.4 Å². The third-order valence-electron chi connectivity index (χ3n) is 6.59. The van der Waals surface area contributed by atoms with E-state index >= 15 is 0 Å². The first-order valence-electron chi connectivity index (χ1n) is 11.8. The summed E-state index contributed by atoms with van der Waals surface area (Å²) in [5.41, 5.74) is 4.09. The standard InChI is InChI=1S/C27H29N3O4/c31-26(28-23-9-7-20(8-10-23)11-12-29-13-16-33-17-14-29)24-18-21-4-1-2-5-22(21)19-30(24)27(32)25-6-3-15-34-25/h1-10,15,24H,11-14,16-19H2,(H,28,31). The fourth-order valence-electron chi connectivity index (χ4n) is 4.60. The van der Waals surface area contributed by atoms with E-state index in [9.17, 15) is 9.59 Å².